The van der Waals surface area contributed by atoms with Gasteiger partial charge in [0.2, 0.25) is 0 Å². The first-order valence-electron chi connectivity index (χ1n) is 5.70. The van der Waals surface area contributed by atoms with Crippen LogP contribution in [0.25, 0.3) is 10.1 Å². The van der Waals surface area contributed by atoms with E-state index in [4.69, 9.17) is 4.74 Å². The minimum atomic E-state index is 0.211. The van der Waals surface area contributed by atoms with E-state index in [0.717, 1.165) is 15.6 Å². The zero-order valence-corrected chi connectivity index (χ0v) is 10.9. The summed E-state index contributed by atoms with van der Waals surface area (Å²) < 4.78 is 6.16. The van der Waals surface area contributed by atoms with Crippen molar-refractivity contribution in [2.45, 2.75) is 13.3 Å². The Balaban J connectivity index is 2.21. The molecular weight excluding hydrogens is 232 g/mol. The van der Waals surface area contributed by atoms with Gasteiger partial charge in [-0.2, -0.15) is 0 Å². The van der Waals surface area contributed by atoms with Gasteiger partial charge in [0.1, 0.15) is 0 Å². The number of carbonyl (C=O) groups excluding carboxylic acids is 1. The van der Waals surface area contributed by atoms with E-state index in [2.05, 4.69) is 6.07 Å². The van der Waals surface area contributed by atoms with Crippen LogP contribution in [0.1, 0.15) is 23.7 Å². The van der Waals surface area contributed by atoms with Gasteiger partial charge in [0, 0.05) is 30.4 Å². The van der Waals surface area contributed by atoms with Crippen molar-refractivity contribution in [2.75, 3.05) is 13.7 Å². The molecule has 0 aliphatic carbocycles. The van der Waals surface area contributed by atoms with Gasteiger partial charge in [0.05, 0.1) is 0 Å². The van der Waals surface area contributed by atoms with Crippen LogP contribution < -0.4 is 0 Å². The number of hydrogen-bond acceptors (Lipinski definition) is 3. The second-order valence-corrected chi connectivity index (χ2v) is 5.25. The highest BCUT2D eigenvalue weighted by atomic mass is 32.1. The maximum absolute atomic E-state index is 12.2. The topological polar surface area (TPSA) is 26.3 Å². The van der Waals surface area contributed by atoms with Gasteiger partial charge in [-0.3, -0.25) is 4.79 Å². The van der Waals surface area contributed by atoms with Gasteiger partial charge in [0.25, 0.3) is 0 Å². The molecule has 1 unspecified atom stereocenters. The average molecular weight is 248 g/mol. The van der Waals surface area contributed by atoms with E-state index in [-0.39, 0.29) is 11.7 Å². The predicted octanol–water partition coefficient (Wildman–Crippen LogP) is 3.76. The first kappa shape index (κ1) is 12.3. The van der Waals surface area contributed by atoms with E-state index in [0.29, 0.717) is 13.0 Å². The maximum Gasteiger partial charge on any atom is 0.164 e. The highest BCUT2D eigenvalue weighted by Crippen LogP contribution is 2.26. The van der Waals surface area contributed by atoms with Crippen molar-refractivity contribution in [3.8, 4) is 0 Å². The zero-order valence-electron chi connectivity index (χ0n) is 10.1. The summed E-state index contributed by atoms with van der Waals surface area (Å²) in [6.07, 6.45) is 0.546. The molecule has 1 aromatic carbocycles. The number of Topliss-reactive ketones (excluding diaryl/α,β-unsaturated/α-hetero) is 1. The minimum Gasteiger partial charge on any atom is -0.384 e. The highest BCUT2D eigenvalue weighted by Gasteiger charge is 2.14. The third-order valence-electron chi connectivity index (χ3n) is 2.76. The number of fused-ring (bicyclic) bond motifs is 1. The molecule has 1 heterocycles. The summed E-state index contributed by atoms with van der Waals surface area (Å²) in [6, 6.07) is 7.96. The van der Waals surface area contributed by atoms with Crippen LogP contribution >= 0.6 is 11.3 Å². The molecule has 0 radical (unpaired) electrons. The Labute approximate surface area is 105 Å². The lowest BCUT2D eigenvalue weighted by Crippen LogP contribution is -2.10. The number of benzene rings is 1. The molecule has 0 saturated carbocycles. The normalized spacial score (nSPS) is 12.8. The standard InChI is InChI=1S/C14H16O2S/c1-10(9-16-2)8-13(15)12-5-3-4-11-6-7-17-14(11)12/h3-7,10H,8-9H2,1-2H3. The summed E-state index contributed by atoms with van der Waals surface area (Å²) >= 11 is 1.63. The van der Waals surface area contributed by atoms with E-state index in [1.54, 1.807) is 18.4 Å². The molecule has 1 aromatic heterocycles. The largest absolute Gasteiger partial charge is 0.384 e. The molecule has 0 amide bonds. The second-order valence-electron chi connectivity index (χ2n) is 4.33. The molecule has 0 fully saturated rings. The number of hydrogen-bond donors (Lipinski definition) is 0. The van der Waals surface area contributed by atoms with Crippen LogP contribution in [0.4, 0.5) is 0 Å². The van der Waals surface area contributed by atoms with Crippen LogP contribution in [0.2, 0.25) is 0 Å². The van der Waals surface area contributed by atoms with Gasteiger partial charge in [-0.1, -0.05) is 19.1 Å². The molecule has 90 valence electrons. The fraction of sp³-hybridized carbons (Fsp3) is 0.357. The summed E-state index contributed by atoms with van der Waals surface area (Å²) in [5, 5.41) is 3.18. The van der Waals surface area contributed by atoms with Gasteiger partial charge in [0.15, 0.2) is 5.78 Å². The van der Waals surface area contributed by atoms with Crippen LogP contribution in [0.3, 0.4) is 0 Å². The van der Waals surface area contributed by atoms with E-state index < -0.39 is 0 Å². The molecule has 0 aliphatic heterocycles. The molecule has 0 saturated heterocycles. The SMILES string of the molecule is COCC(C)CC(=O)c1cccc2ccsc12. The number of ether oxygens (including phenoxy) is 1. The molecule has 2 aromatic rings. The third-order valence-corrected chi connectivity index (χ3v) is 3.73. The monoisotopic (exact) mass is 248 g/mol. The Morgan fingerprint density at radius 1 is 1.41 bits per heavy atom. The Kier molecular flexibility index (Phi) is 3.92. The molecule has 1 atom stereocenters. The van der Waals surface area contributed by atoms with Crippen LogP contribution in [0.5, 0.6) is 0 Å². The van der Waals surface area contributed by atoms with Crippen LogP contribution in [-0.4, -0.2) is 19.5 Å². The average Bonchev–Trinajstić information content (AvgIpc) is 2.76. The Morgan fingerprint density at radius 3 is 3.00 bits per heavy atom. The lowest BCUT2D eigenvalue weighted by molar-refractivity contribution is 0.0922. The summed E-state index contributed by atoms with van der Waals surface area (Å²) in [7, 11) is 1.67. The second kappa shape index (κ2) is 5.43. The van der Waals surface area contributed by atoms with E-state index in [1.165, 1.54) is 0 Å². The molecule has 3 heteroatoms. The lowest BCUT2D eigenvalue weighted by Gasteiger charge is -2.09. The van der Waals surface area contributed by atoms with Crippen LogP contribution in [0, 0.1) is 5.92 Å². The number of ketones is 1. The number of methoxy groups -OCH3 is 1. The number of rotatable bonds is 5. The Bertz CT molecular complexity index is 516. The van der Waals surface area contributed by atoms with Crippen molar-refractivity contribution in [3.05, 3.63) is 35.2 Å². The van der Waals surface area contributed by atoms with Crippen molar-refractivity contribution in [1.29, 1.82) is 0 Å². The van der Waals surface area contributed by atoms with Gasteiger partial charge >= 0.3 is 0 Å². The molecular formula is C14H16O2S. The smallest absolute Gasteiger partial charge is 0.164 e. The van der Waals surface area contributed by atoms with Crippen molar-refractivity contribution >= 4 is 27.2 Å². The molecule has 0 spiro atoms. The fourth-order valence-corrected chi connectivity index (χ4v) is 2.91. The first-order valence-corrected chi connectivity index (χ1v) is 6.58. The number of carbonyl (C=O) groups is 1. The van der Waals surface area contributed by atoms with Crippen molar-refractivity contribution in [3.63, 3.8) is 0 Å². The zero-order chi connectivity index (χ0) is 12.3. The van der Waals surface area contributed by atoms with Gasteiger partial charge in [-0.25, -0.2) is 0 Å². The number of thiophene rings is 1. The molecule has 2 rings (SSSR count). The van der Waals surface area contributed by atoms with Crippen molar-refractivity contribution in [1.82, 2.24) is 0 Å². The van der Waals surface area contributed by atoms with E-state index in [9.17, 15) is 4.79 Å². The van der Waals surface area contributed by atoms with Gasteiger partial charge < -0.3 is 4.74 Å². The predicted molar refractivity (Wildman–Crippen MR) is 71.8 cm³/mol. The van der Waals surface area contributed by atoms with Gasteiger partial charge in [-0.05, 0) is 28.8 Å². The molecule has 17 heavy (non-hydrogen) atoms. The third kappa shape index (κ3) is 2.73. The van der Waals surface area contributed by atoms with Crippen molar-refractivity contribution in [2.24, 2.45) is 5.92 Å². The van der Waals surface area contributed by atoms with Crippen LogP contribution in [-0.2, 0) is 4.74 Å². The Morgan fingerprint density at radius 2 is 2.24 bits per heavy atom. The summed E-state index contributed by atoms with van der Waals surface area (Å²) in [6.45, 7) is 2.67. The lowest BCUT2D eigenvalue weighted by atomic mass is 9.99. The fourth-order valence-electron chi connectivity index (χ4n) is 1.98. The van der Waals surface area contributed by atoms with E-state index in [1.807, 2.05) is 30.5 Å². The Hall–Kier alpha value is -1.19. The minimum absolute atomic E-state index is 0.211. The summed E-state index contributed by atoms with van der Waals surface area (Å²) in [4.78, 5) is 12.2. The molecule has 2 nitrogen and oxygen atoms in total. The summed E-state index contributed by atoms with van der Waals surface area (Å²) in [5.41, 5.74) is 0.848. The molecule has 0 N–H and O–H groups in total. The first-order chi connectivity index (χ1) is 8.22. The molecule has 0 bridgehead atoms. The van der Waals surface area contributed by atoms with Gasteiger partial charge in [-0.15, -0.1) is 11.3 Å². The molecule has 0 aliphatic rings. The van der Waals surface area contributed by atoms with Crippen molar-refractivity contribution < 1.29 is 9.53 Å². The highest BCUT2D eigenvalue weighted by molar-refractivity contribution is 7.17. The van der Waals surface area contributed by atoms with E-state index >= 15 is 0 Å². The summed E-state index contributed by atoms with van der Waals surface area (Å²) in [5.74, 6) is 0.477. The maximum atomic E-state index is 12.2. The quantitative estimate of drug-likeness (QED) is 0.753. The van der Waals surface area contributed by atoms with Crippen LogP contribution in [0.15, 0.2) is 29.6 Å².